The van der Waals surface area contributed by atoms with Gasteiger partial charge in [0.1, 0.15) is 11.6 Å². The Morgan fingerprint density at radius 1 is 1.44 bits per heavy atom. The lowest BCUT2D eigenvalue weighted by molar-refractivity contribution is -0.130. The van der Waals surface area contributed by atoms with E-state index >= 15 is 0 Å². The highest BCUT2D eigenvalue weighted by Crippen LogP contribution is 2.18. The van der Waals surface area contributed by atoms with Crippen molar-refractivity contribution in [1.82, 2.24) is 10.4 Å². The Morgan fingerprint density at radius 2 is 1.94 bits per heavy atom. The van der Waals surface area contributed by atoms with Crippen molar-refractivity contribution >= 4 is 17.5 Å². The van der Waals surface area contributed by atoms with Crippen LogP contribution in [0.4, 0.5) is 8.78 Å². The van der Waals surface area contributed by atoms with E-state index in [0.29, 0.717) is 0 Å². The molecular weight excluding hydrogens is 238 g/mol. The minimum Gasteiger partial charge on any atom is -0.281 e. The van der Waals surface area contributed by atoms with Crippen LogP contribution in [0, 0.1) is 11.6 Å². The lowest BCUT2D eigenvalue weighted by Gasteiger charge is -2.16. The number of halogens is 3. The van der Waals surface area contributed by atoms with Crippen LogP contribution in [0.2, 0.25) is 5.02 Å². The standard InChI is InChI=1S/C10H11ClF2N2O/c1-6(16)15(2)14-5-8-9(12)3-7(11)4-10(8)13/h3-4,14H,5H2,1-2H3. The molecule has 0 heterocycles. The number of hydrogen-bond donors (Lipinski definition) is 1. The normalized spacial score (nSPS) is 10.3. The summed E-state index contributed by atoms with van der Waals surface area (Å²) in [6, 6.07) is 2.05. The van der Waals surface area contributed by atoms with Crippen LogP contribution in [-0.4, -0.2) is 18.0 Å². The second-order valence-electron chi connectivity index (χ2n) is 3.26. The quantitative estimate of drug-likeness (QED) is 0.831. The van der Waals surface area contributed by atoms with Crippen LogP contribution in [0.5, 0.6) is 0 Å². The number of rotatable bonds is 3. The van der Waals surface area contributed by atoms with Gasteiger partial charge in [-0.1, -0.05) is 11.6 Å². The van der Waals surface area contributed by atoms with Crippen molar-refractivity contribution in [2.24, 2.45) is 0 Å². The molecule has 0 atom stereocenters. The first kappa shape index (κ1) is 12.9. The SMILES string of the molecule is CC(=O)N(C)NCc1c(F)cc(Cl)cc1F. The van der Waals surface area contributed by atoms with Gasteiger partial charge in [-0.15, -0.1) is 0 Å². The summed E-state index contributed by atoms with van der Waals surface area (Å²) in [6.45, 7) is 1.21. The monoisotopic (exact) mass is 248 g/mol. The van der Waals surface area contributed by atoms with E-state index in [0.717, 1.165) is 17.1 Å². The summed E-state index contributed by atoms with van der Waals surface area (Å²) in [4.78, 5) is 10.8. The number of carbonyl (C=O) groups excluding carboxylic acids is 1. The van der Waals surface area contributed by atoms with Crippen LogP contribution in [0.1, 0.15) is 12.5 Å². The first-order valence-electron chi connectivity index (χ1n) is 4.53. The highest BCUT2D eigenvalue weighted by molar-refractivity contribution is 6.30. The summed E-state index contributed by atoms with van der Waals surface area (Å²) in [6.07, 6.45) is 0. The maximum atomic E-state index is 13.3. The molecule has 0 aliphatic rings. The molecule has 1 rings (SSSR count). The van der Waals surface area contributed by atoms with Gasteiger partial charge < -0.3 is 0 Å². The summed E-state index contributed by atoms with van der Waals surface area (Å²) >= 11 is 5.47. The highest BCUT2D eigenvalue weighted by Gasteiger charge is 2.11. The van der Waals surface area contributed by atoms with Gasteiger partial charge in [0.25, 0.3) is 0 Å². The van der Waals surface area contributed by atoms with E-state index in [1.165, 1.54) is 14.0 Å². The second kappa shape index (κ2) is 5.23. The Morgan fingerprint density at radius 3 is 2.38 bits per heavy atom. The number of carbonyl (C=O) groups is 1. The van der Waals surface area contributed by atoms with Gasteiger partial charge in [-0.2, -0.15) is 0 Å². The van der Waals surface area contributed by atoms with Crippen LogP contribution in [-0.2, 0) is 11.3 Å². The van der Waals surface area contributed by atoms with E-state index in [1.807, 2.05) is 0 Å². The largest absolute Gasteiger partial charge is 0.281 e. The molecule has 16 heavy (non-hydrogen) atoms. The zero-order chi connectivity index (χ0) is 12.3. The molecule has 0 bridgehead atoms. The predicted octanol–water partition coefficient (Wildman–Crippen LogP) is 2.10. The van der Waals surface area contributed by atoms with Crippen molar-refractivity contribution in [1.29, 1.82) is 0 Å². The molecule has 0 aliphatic heterocycles. The molecule has 1 N–H and O–H groups in total. The molecule has 0 fully saturated rings. The van der Waals surface area contributed by atoms with Crippen molar-refractivity contribution in [2.75, 3.05) is 7.05 Å². The first-order chi connectivity index (χ1) is 7.41. The van der Waals surface area contributed by atoms with Crippen LogP contribution >= 0.6 is 11.6 Å². The van der Waals surface area contributed by atoms with E-state index in [9.17, 15) is 13.6 Å². The number of hydrogen-bond acceptors (Lipinski definition) is 2. The van der Waals surface area contributed by atoms with E-state index in [4.69, 9.17) is 11.6 Å². The Balaban J connectivity index is 2.78. The minimum absolute atomic E-state index is 0.00123. The molecule has 0 radical (unpaired) electrons. The van der Waals surface area contributed by atoms with Crippen LogP contribution in [0.15, 0.2) is 12.1 Å². The maximum Gasteiger partial charge on any atom is 0.233 e. The summed E-state index contributed by atoms with van der Waals surface area (Å²) in [5.41, 5.74) is 2.41. The molecule has 0 unspecified atom stereocenters. The smallest absolute Gasteiger partial charge is 0.233 e. The van der Waals surface area contributed by atoms with Crippen molar-refractivity contribution in [3.63, 3.8) is 0 Å². The van der Waals surface area contributed by atoms with Gasteiger partial charge >= 0.3 is 0 Å². The fourth-order valence-corrected chi connectivity index (χ4v) is 1.24. The fourth-order valence-electron chi connectivity index (χ4n) is 1.05. The lowest BCUT2D eigenvalue weighted by atomic mass is 10.2. The predicted molar refractivity (Wildman–Crippen MR) is 56.7 cm³/mol. The molecule has 88 valence electrons. The van der Waals surface area contributed by atoms with Gasteiger partial charge in [0.15, 0.2) is 0 Å². The Bertz CT molecular complexity index is 389. The summed E-state index contributed by atoms with van der Waals surface area (Å²) in [7, 11) is 1.47. The molecule has 0 spiro atoms. The summed E-state index contributed by atoms with van der Waals surface area (Å²) < 4.78 is 26.6. The molecule has 6 heteroatoms. The zero-order valence-electron chi connectivity index (χ0n) is 8.85. The van der Waals surface area contributed by atoms with E-state index < -0.39 is 11.6 Å². The van der Waals surface area contributed by atoms with Gasteiger partial charge in [0, 0.05) is 31.1 Å². The molecule has 1 aromatic rings. The third kappa shape index (κ3) is 3.15. The second-order valence-corrected chi connectivity index (χ2v) is 3.70. The topological polar surface area (TPSA) is 32.3 Å². The molecule has 3 nitrogen and oxygen atoms in total. The van der Waals surface area contributed by atoms with E-state index in [1.54, 1.807) is 0 Å². The number of amides is 1. The van der Waals surface area contributed by atoms with Gasteiger partial charge in [0.2, 0.25) is 5.91 Å². The van der Waals surface area contributed by atoms with Crippen molar-refractivity contribution in [3.05, 3.63) is 34.4 Å². The average Bonchev–Trinajstić information content (AvgIpc) is 2.15. The number of hydrazine groups is 1. The molecule has 1 amide bonds. The van der Waals surface area contributed by atoms with Gasteiger partial charge in [-0.3, -0.25) is 9.80 Å². The summed E-state index contributed by atoms with van der Waals surface area (Å²) in [5, 5.41) is 1.15. The Labute approximate surface area is 97.0 Å². The third-order valence-corrected chi connectivity index (χ3v) is 2.29. The lowest BCUT2D eigenvalue weighted by Crippen LogP contribution is -2.37. The van der Waals surface area contributed by atoms with Crippen molar-refractivity contribution < 1.29 is 13.6 Å². The fraction of sp³-hybridized carbons (Fsp3) is 0.300. The van der Waals surface area contributed by atoms with Crippen LogP contribution in [0.25, 0.3) is 0 Å². The third-order valence-electron chi connectivity index (χ3n) is 2.07. The number of nitrogens with zero attached hydrogens (tertiary/aromatic N) is 1. The van der Waals surface area contributed by atoms with Gasteiger partial charge in [-0.25, -0.2) is 14.2 Å². The van der Waals surface area contributed by atoms with Crippen LogP contribution in [0.3, 0.4) is 0 Å². The highest BCUT2D eigenvalue weighted by atomic mass is 35.5. The van der Waals surface area contributed by atoms with Gasteiger partial charge in [-0.05, 0) is 12.1 Å². The Hall–Kier alpha value is -1.20. The van der Waals surface area contributed by atoms with Crippen molar-refractivity contribution in [3.8, 4) is 0 Å². The first-order valence-corrected chi connectivity index (χ1v) is 4.91. The van der Waals surface area contributed by atoms with E-state index in [-0.39, 0.29) is 23.0 Å². The molecule has 0 aromatic heterocycles. The zero-order valence-corrected chi connectivity index (χ0v) is 9.61. The average molecular weight is 249 g/mol. The minimum atomic E-state index is -0.741. The molecular formula is C10H11ClF2N2O. The molecule has 1 aromatic carbocycles. The molecule has 0 saturated carbocycles. The van der Waals surface area contributed by atoms with Crippen LogP contribution < -0.4 is 5.43 Å². The van der Waals surface area contributed by atoms with E-state index in [2.05, 4.69) is 5.43 Å². The van der Waals surface area contributed by atoms with Gasteiger partial charge in [0.05, 0.1) is 0 Å². The molecule has 0 aliphatic carbocycles. The maximum absolute atomic E-state index is 13.3. The number of benzene rings is 1. The summed E-state index contributed by atoms with van der Waals surface area (Å²) in [5.74, 6) is -1.74. The number of nitrogens with one attached hydrogen (secondary N) is 1. The van der Waals surface area contributed by atoms with Crippen molar-refractivity contribution in [2.45, 2.75) is 13.5 Å². The Kier molecular flexibility index (Phi) is 4.20. The molecule has 0 saturated heterocycles.